The van der Waals surface area contributed by atoms with E-state index in [1.165, 1.54) is 6.42 Å². The Hall–Kier alpha value is -3.81. The molecule has 37 heavy (non-hydrogen) atoms. The first-order valence-electron chi connectivity index (χ1n) is 13.0. The number of amides is 2. The van der Waals surface area contributed by atoms with Crippen LogP contribution in [-0.4, -0.2) is 40.3 Å². The van der Waals surface area contributed by atoms with Crippen LogP contribution in [0.25, 0.3) is 0 Å². The van der Waals surface area contributed by atoms with Crippen molar-refractivity contribution in [3.05, 3.63) is 71.5 Å². The van der Waals surface area contributed by atoms with Crippen LogP contribution in [0.2, 0.25) is 0 Å². The number of aryl methyl sites for hydroxylation is 3. The van der Waals surface area contributed by atoms with E-state index >= 15 is 0 Å². The second kappa shape index (κ2) is 10.7. The molecule has 2 heterocycles. The third-order valence-corrected chi connectivity index (χ3v) is 7.14. The zero-order valence-electron chi connectivity index (χ0n) is 21.6. The molecule has 1 aliphatic carbocycles. The highest BCUT2D eigenvalue weighted by atomic mass is 16.6. The van der Waals surface area contributed by atoms with E-state index in [1.807, 2.05) is 69.6 Å². The zero-order valence-corrected chi connectivity index (χ0v) is 21.6. The number of rotatable bonds is 6. The quantitative estimate of drug-likeness (QED) is 0.540. The molecular formula is C29H34N4O4. The van der Waals surface area contributed by atoms with E-state index in [-0.39, 0.29) is 24.5 Å². The number of carbonyl (C=O) groups excluding carboxylic acids is 2. The number of nitrogens with one attached hydrogen (secondary N) is 1. The molecule has 1 aliphatic heterocycles. The highest BCUT2D eigenvalue weighted by Crippen LogP contribution is 2.35. The number of carbonyl (C=O) groups is 2. The fraction of sp³-hybridized carbons (Fsp3) is 0.414. The molecule has 1 fully saturated rings. The Kier molecular flexibility index (Phi) is 7.17. The first kappa shape index (κ1) is 24.9. The molecule has 2 amide bonds. The molecule has 2 aromatic carbocycles. The molecule has 0 bridgehead atoms. The Balaban J connectivity index is 1.55. The highest BCUT2D eigenvalue weighted by molar-refractivity contribution is 6.03. The van der Waals surface area contributed by atoms with Gasteiger partial charge in [-0.25, -0.2) is 0 Å². The van der Waals surface area contributed by atoms with E-state index in [9.17, 15) is 9.59 Å². The minimum Gasteiger partial charge on any atom is -0.485 e. The Morgan fingerprint density at radius 1 is 1.03 bits per heavy atom. The molecule has 1 N–H and O–H groups in total. The molecule has 8 nitrogen and oxygen atoms in total. The van der Waals surface area contributed by atoms with Gasteiger partial charge < -0.3 is 14.8 Å². The lowest BCUT2D eigenvalue weighted by molar-refractivity contribution is -0.132. The summed E-state index contributed by atoms with van der Waals surface area (Å²) in [6.07, 6.45) is 6.18. The van der Waals surface area contributed by atoms with Gasteiger partial charge in [-0.15, -0.1) is 0 Å². The summed E-state index contributed by atoms with van der Waals surface area (Å²) in [5.74, 6) is 0.555. The molecule has 1 aromatic heterocycles. The van der Waals surface area contributed by atoms with Crippen molar-refractivity contribution in [2.45, 2.75) is 64.1 Å². The topological polar surface area (TPSA) is 85.7 Å². The second-order valence-electron chi connectivity index (χ2n) is 10.00. The van der Waals surface area contributed by atoms with Crippen molar-refractivity contribution in [1.82, 2.24) is 15.1 Å². The monoisotopic (exact) mass is 502 g/mol. The summed E-state index contributed by atoms with van der Waals surface area (Å²) in [7, 11) is 1.82. The van der Waals surface area contributed by atoms with Gasteiger partial charge in [0.1, 0.15) is 12.6 Å². The maximum atomic E-state index is 14.2. The van der Waals surface area contributed by atoms with Gasteiger partial charge in [-0.05, 0) is 51.0 Å². The molecular weight excluding hydrogens is 468 g/mol. The Bertz CT molecular complexity index is 1260. The molecule has 0 spiro atoms. The van der Waals surface area contributed by atoms with Gasteiger partial charge in [0.25, 0.3) is 5.91 Å². The van der Waals surface area contributed by atoms with Gasteiger partial charge in [0, 0.05) is 30.5 Å². The van der Waals surface area contributed by atoms with Crippen LogP contribution in [0.5, 0.6) is 11.5 Å². The Labute approximate surface area is 217 Å². The summed E-state index contributed by atoms with van der Waals surface area (Å²) in [5, 5.41) is 7.74. The van der Waals surface area contributed by atoms with Gasteiger partial charge in [0.15, 0.2) is 11.5 Å². The fourth-order valence-corrected chi connectivity index (χ4v) is 5.22. The van der Waals surface area contributed by atoms with Crippen molar-refractivity contribution < 1.29 is 19.1 Å². The molecule has 8 heteroatoms. The first-order valence-corrected chi connectivity index (χ1v) is 13.0. The smallest absolute Gasteiger partial charge is 0.272 e. The zero-order chi connectivity index (χ0) is 25.9. The average molecular weight is 503 g/mol. The van der Waals surface area contributed by atoms with Crippen LogP contribution in [-0.2, 0) is 16.6 Å². The van der Waals surface area contributed by atoms with Crippen molar-refractivity contribution in [3.8, 4) is 11.5 Å². The Morgan fingerprint density at radius 3 is 2.41 bits per heavy atom. The second-order valence-corrected chi connectivity index (χ2v) is 10.00. The third-order valence-electron chi connectivity index (χ3n) is 7.14. The fourth-order valence-electron chi connectivity index (χ4n) is 5.22. The molecule has 3 aromatic rings. The normalized spacial score (nSPS) is 18.2. The van der Waals surface area contributed by atoms with Crippen LogP contribution in [0.15, 0.2) is 54.7 Å². The lowest BCUT2D eigenvalue weighted by Crippen LogP contribution is -2.52. The molecule has 1 saturated carbocycles. The van der Waals surface area contributed by atoms with Gasteiger partial charge in [-0.1, -0.05) is 49.1 Å². The summed E-state index contributed by atoms with van der Waals surface area (Å²) in [4.78, 5) is 29.8. The van der Waals surface area contributed by atoms with Crippen LogP contribution in [0.4, 0.5) is 5.69 Å². The standard InChI is InChI=1S/C29H34N4O4/c1-19-13-15-22(16-14-19)33(29(35)26-18-36-24-11-7-8-12-25(24)37-26)27(23-17-32(3)31-20(23)2)28(34)30-21-9-5-4-6-10-21/h7-8,11-17,21,26-27H,4-6,9-10,18H2,1-3H3,(H,30,34)/t26-,27-/m0/s1. The Morgan fingerprint density at radius 2 is 1.73 bits per heavy atom. The maximum Gasteiger partial charge on any atom is 0.272 e. The summed E-state index contributed by atoms with van der Waals surface area (Å²) < 4.78 is 13.7. The molecule has 0 unspecified atom stereocenters. The van der Waals surface area contributed by atoms with Crippen molar-refractivity contribution in [3.63, 3.8) is 0 Å². The van der Waals surface area contributed by atoms with Crippen LogP contribution >= 0.6 is 0 Å². The van der Waals surface area contributed by atoms with Crippen LogP contribution < -0.4 is 19.7 Å². The molecule has 0 radical (unpaired) electrons. The lowest BCUT2D eigenvalue weighted by atomic mass is 9.94. The molecule has 5 rings (SSSR count). The highest BCUT2D eigenvalue weighted by Gasteiger charge is 2.41. The van der Waals surface area contributed by atoms with E-state index in [1.54, 1.807) is 15.6 Å². The number of fused-ring (bicyclic) bond motifs is 1. The van der Waals surface area contributed by atoms with Crippen molar-refractivity contribution >= 4 is 17.5 Å². The van der Waals surface area contributed by atoms with Crippen LogP contribution in [0.1, 0.15) is 55.0 Å². The minimum atomic E-state index is -0.911. The van der Waals surface area contributed by atoms with Crippen LogP contribution in [0, 0.1) is 13.8 Å². The number of para-hydroxylation sites is 2. The molecule has 2 aliphatic rings. The van der Waals surface area contributed by atoms with E-state index in [0.29, 0.717) is 28.4 Å². The number of aromatic nitrogens is 2. The number of benzene rings is 2. The largest absolute Gasteiger partial charge is 0.485 e. The lowest BCUT2D eigenvalue weighted by Gasteiger charge is -2.36. The average Bonchev–Trinajstić information content (AvgIpc) is 3.24. The summed E-state index contributed by atoms with van der Waals surface area (Å²) >= 11 is 0. The summed E-state index contributed by atoms with van der Waals surface area (Å²) in [6.45, 7) is 3.91. The van der Waals surface area contributed by atoms with Crippen LogP contribution in [0.3, 0.4) is 0 Å². The first-order chi connectivity index (χ1) is 17.9. The predicted molar refractivity (Wildman–Crippen MR) is 141 cm³/mol. The van der Waals surface area contributed by atoms with E-state index < -0.39 is 12.1 Å². The van der Waals surface area contributed by atoms with E-state index in [4.69, 9.17) is 9.47 Å². The SMILES string of the molecule is Cc1ccc(N(C(=O)[C@@H]2COc3ccccc3O2)[C@H](C(=O)NC2CCCCC2)c2cn(C)nc2C)cc1. The number of hydrogen-bond acceptors (Lipinski definition) is 5. The van der Waals surface area contributed by atoms with Gasteiger partial charge in [0.05, 0.1) is 5.69 Å². The molecule has 0 saturated heterocycles. The predicted octanol–water partition coefficient (Wildman–Crippen LogP) is 4.40. The van der Waals surface area contributed by atoms with Gasteiger partial charge in [-0.3, -0.25) is 19.2 Å². The van der Waals surface area contributed by atoms with Crippen molar-refractivity contribution in [2.24, 2.45) is 7.05 Å². The number of nitrogens with zero attached hydrogens (tertiary/aromatic N) is 3. The summed E-state index contributed by atoms with van der Waals surface area (Å²) in [5.41, 5.74) is 3.05. The van der Waals surface area contributed by atoms with Gasteiger partial charge >= 0.3 is 0 Å². The number of anilines is 1. The van der Waals surface area contributed by atoms with Crippen molar-refractivity contribution in [1.29, 1.82) is 0 Å². The van der Waals surface area contributed by atoms with E-state index in [2.05, 4.69) is 10.4 Å². The van der Waals surface area contributed by atoms with Crippen molar-refractivity contribution in [2.75, 3.05) is 11.5 Å². The molecule has 2 atom stereocenters. The van der Waals surface area contributed by atoms with E-state index in [0.717, 1.165) is 31.2 Å². The minimum absolute atomic E-state index is 0.0567. The third kappa shape index (κ3) is 5.33. The number of ether oxygens (including phenoxy) is 2. The summed E-state index contributed by atoms with van der Waals surface area (Å²) in [6, 6.07) is 14.1. The molecule has 194 valence electrons. The maximum absolute atomic E-state index is 14.2. The van der Waals surface area contributed by atoms with Gasteiger partial charge in [-0.2, -0.15) is 5.10 Å². The number of hydrogen-bond donors (Lipinski definition) is 1. The van der Waals surface area contributed by atoms with Gasteiger partial charge in [0.2, 0.25) is 12.0 Å².